The topological polar surface area (TPSA) is 116 Å². The molecule has 0 amide bonds. The number of likely N-dealkylation sites (tertiary alicyclic amines) is 1. The van der Waals surface area contributed by atoms with Crippen LogP contribution >= 0.6 is 0 Å². The zero-order valence-corrected chi connectivity index (χ0v) is 24.6. The van der Waals surface area contributed by atoms with Crippen molar-refractivity contribution in [2.45, 2.75) is 43.7 Å². The number of hydrogen-bond acceptors (Lipinski definition) is 8. The van der Waals surface area contributed by atoms with Gasteiger partial charge in [-0.15, -0.1) is 0 Å². The number of benzene rings is 3. The van der Waals surface area contributed by atoms with Gasteiger partial charge in [0.25, 0.3) is 10.0 Å². The molecule has 1 aromatic heterocycles. The van der Waals surface area contributed by atoms with Crippen LogP contribution in [0.3, 0.4) is 0 Å². The molecule has 2 aliphatic heterocycles. The van der Waals surface area contributed by atoms with Crippen molar-refractivity contribution >= 4 is 27.6 Å². The van der Waals surface area contributed by atoms with Gasteiger partial charge in [-0.1, -0.05) is 54.4 Å². The smallest absolute Gasteiger partial charge is 0.442 e. The molecule has 10 nitrogen and oxygen atoms in total. The van der Waals surface area contributed by atoms with E-state index in [0.29, 0.717) is 23.7 Å². The highest BCUT2D eigenvalue weighted by molar-refractivity contribution is 7.92. The maximum atomic E-state index is 13.4. The van der Waals surface area contributed by atoms with Crippen LogP contribution in [0.1, 0.15) is 42.1 Å². The minimum atomic E-state index is -4.02. The Labute approximate surface area is 249 Å². The summed E-state index contributed by atoms with van der Waals surface area (Å²) in [5.74, 6) is -1.98. The first kappa shape index (κ1) is 28.5. The molecule has 1 N–H and O–H groups in total. The SMILES string of the molecule is COc1ccc(S(=O)(=O)Nc2ccc(C)cc2)cc1-c1c2cc(CN3CCCCC3c3ccccc3)n1OC(=O)C(=O)O2. The number of nitrogens with zero attached hydrogens (tertiary/aromatic N) is 2. The third-order valence-electron chi connectivity index (χ3n) is 7.74. The first-order valence-electron chi connectivity index (χ1n) is 14.0. The summed E-state index contributed by atoms with van der Waals surface area (Å²) in [6, 6.07) is 23.3. The molecular weight excluding hydrogens is 570 g/mol. The molecular formula is C32H31N3O7S. The standard InChI is InChI=1S/C32H31N3O7S/c1-21-11-13-23(14-12-21)33-43(38,39)25-15-16-28(40-2)26(19-25)30-29-18-24(35(30)42-32(37)31(36)41-29)20-34-17-7-6-10-27(34)22-8-4-3-5-9-22/h3-5,8-9,11-16,18-19,27,33H,6-7,10,17,20H2,1-2H3. The monoisotopic (exact) mass is 601 g/mol. The van der Waals surface area contributed by atoms with Crippen molar-refractivity contribution in [2.75, 3.05) is 18.4 Å². The Bertz CT molecular complexity index is 1780. The number of piperidine rings is 1. The van der Waals surface area contributed by atoms with Crippen molar-refractivity contribution in [2.24, 2.45) is 0 Å². The van der Waals surface area contributed by atoms with Gasteiger partial charge >= 0.3 is 11.9 Å². The Morgan fingerprint density at radius 1 is 0.953 bits per heavy atom. The number of carbonyl (C=O) groups is 2. The molecule has 0 aliphatic carbocycles. The first-order chi connectivity index (χ1) is 20.7. The van der Waals surface area contributed by atoms with E-state index in [9.17, 15) is 18.0 Å². The molecule has 0 radical (unpaired) electrons. The van der Waals surface area contributed by atoms with Gasteiger partial charge in [-0.2, -0.15) is 4.73 Å². The summed E-state index contributed by atoms with van der Waals surface area (Å²) < 4.78 is 41.7. The summed E-state index contributed by atoms with van der Waals surface area (Å²) in [5, 5.41) is 0. The lowest BCUT2D eigenvalue weighted by atomic mass is 9.95. The summed E-state index contributed by atoms with van der Waals surface area (Å²) in [6.07, 6.45) is 3.08. The molecule has 0 spiro atoms. The van der Waals surface area contributed by atoms with Crippen LogP contribution in [0.2, 0.25) is 0 Å². The highest BCUT2D eigenvalue weighted by atomic mass is 32.2. The molecule has 43 heavy (non-hydrogen) atoms. The van der Waals surface area contributed by atoms with Gasteiger partial charge in [0.15, 0.2) is 5.75 Å². The van der Waals surface area contributed by atoms with Crippen LogP contribution in [0.15, 0.2) is 83.8 Å². The predicted octanol–water partition coefficient (Wildman–Crippen LogP) is 4.87. The Morgan fingerprint density at radius 2 is 1.72 bits per heavy atom. The molecule has 1 saturated heterocycles. The molecule has 11 heteroatoms. The van der Waals surface area contributed by atoms with Gasteiger partial charge in [0, 0.05) is 29.9 Å². The van der Waals surface area contributed by atoms with Gasteiger partial charge in [0.2, 0.25) is 0 Å². The van der Waals surface area contributed by atoms with Crippen LogP contribution in [-0.2, 0) is 26.2 Å². The molecule has 2 bridgehead atoms. The summed E-state index contributed by atoms with van der Waals surface area (Å²) in [4.78, 5) is 32.8. The van der Waals surface area contributed by atoms with E-state index in [2.05, 4.69) is 21.8 Å². The number of rotatable bonds is 8. The van der Waals surface area contributed by atoms with E-state index in [4.69, 9.17) is 14.3 Å². The molecule has 6 rings (SSSR count). The van der Waals surface area contributed by atoms with Crippen molar-refractivity contribution in [3.63, 3.8) is 0 Å². The molecule has 1 atom stereocenters. The van der Waals surface area contributed by atoms with E-state index in [-0.39, 0.29) is 27.9 Å². The second-order valence-electron chi connectivity index (χ2n) is 10.6. The number of aromatic nitrogens is 1. The van der Waals surface area contributed by atoms with E-state index in [1.807, 2.05) is 25.1 Å². The van der Waals surface area contributed by atoms with E-state index in [1.54, 1.807) is 30.3 Å². The minimum absolute atomic E-state index is 0.0544. The lowest BCUT2D eigenvalue weighted by Crippen LogP contribution is -2.35. The largest absolute Gasteiger partial charge is 0.496 e. The number of fused-ring (bicyclic) bond motifs is 2. The van der Waals surface area contributed by atoms with Crippen LogP contribution < -0.4 is 19.0 Å². The second kappa shape index (κ2) is 11.6. The number of aryl methyl sites for hydroxylation is 1. The lowest BCUT2D eigenvalue weighted by molar-refractivity contribution is -0.161. The van der Waals surface area contributed by atoms with Crippen molar-refractivity contribution in [3.8, 4) is 22.8 Å². The predicted molar refractivity (Wildman–Crippen MR) is 159 cm³/mol. The number of carbonyl (C=O) groups excluding carboxylic acids is 2. The van der Waals surface area contributed by atoms with Gasteiger partial charge < -0.3 is 14.3 Å². The van der Waals surface area contributed by atoms with Crippen molar-refractivity contribution < 1.29 is 32.3 Å². The third-order valence-corrected chi connectivity index (χ3v) is 9.12. The van der Waals surface area contributed by atoms with Gasteiger partial charge in [-0.3, -0.25) is 9.62 Å². The van der Waals surface area contributed by atoms with E-state index in [1.165, 1.54) is 35.6 Å². The zero-order chi connectivity index (χ0) is 30.1. The maximum Gasteiger partial charge on any atom is 0.442 e. The molecule has 222 valence electrons. The van der Waals surface area contributed by atoms with Crippen LogP contribution in [0.25, 0.3) is 11.3 Å². The van der Waals surface area contributed by atoms with Gasteiger partial charge in [0.1, 0.15) is 11.4 Å². The fraction of sp³-hybridized carbons (Fsp3) is 0.250. The highest BCUT2D eigenvalue weighted by Gasteiger charge is 2.35. The van der Waals surface area contributed by atoms with Crippen LogP contribution in [0, 0.1) is 6.92 Å². The normalized spacial score (nSPS) is 17.1. The molecule has 2 aliphatic rings. The highest BCUT2D eigenvalue weighted by Crippen LogP contribution is 2.42. The minimum Gasteiger partial charge on any atom is -0.496 e. The van der Waals surface area contributed by atoms with Crippen LogP contribution in [0.4, 0.5) is 5.69 Å². The molecule has 4 aromatic rings. The van der Waals surface area contributed by atoms with Crippen molar-refractivity contribution in [1.82, 2.24) is 9.63 Å². The van der Waals surface area contributed by atoms with Crippen molar-refractivity contribution in [3.05, 3.63) is 95.7 Å². The number of anilines is 1. The van der Waals surface area contributed by atoms with E-state index in [0.717, 1.165) is 31.4 Å². The average Bonchev–Trinajstić information content (AvgIpc) is 3.27. The van der Waals surface area contributed by atoms with Crippen LogP contribution in [0.5, 0.6) is 11.5 Å². The summed E-state index contributed by atoms with van der Waals surface area (Å²) in [6.45, 7) is 3.13. The number of methoxy groups -OCH3 is 1. The Hall–Kier alpha value is -4.61. The van der Waals surface area contributed by atoms with E-state index >= 15 is 0 Å². The summed E-state index contributed by atoms with van der Waals surface area (Å²) >= 11 is 0. The Kier molecular flexibility index (Phi) is 7.68. The van der Waals surface area contributed by atoms with Gasteiger partial charge in [-0.05, 0) is 62.2 Å². The van der Waals surface area contributed by atoms with Crippen molar-refractivity contribution in [1.29, 1.82) is 0 Å². The number of sulfonamides is 1. The summed E-state index contributed by atoms with van der Waals surface area (Å²) in [5.41, 5.74) is 3.64. The number of ether oxygens (including phenoxy) is 2. The fourth-order valence-corrected chi connectivity index (χ4v) is 6.72. The number of hydrogen-bond donors (Lipinski definition) is 1. The lowest BCUT2D eigenvalue weighted by Gasteiger charge is -2.36. The number of esters is 1. The Morgan fingerprint density at radius 3 is 2.47 bits per heavy atom. The van der Waals surface area contributed by atoms with Crippen LogP contribution in [-0.4, -0.2) is 43.6 Å². The third kappa shape index (κ3) is 5.73. The summed E-state index contributed by atoms with van der Waals surface area (Å²) in [7, 11) is -2.57. The number of nitrogens with one attached hydrogen (secondary N) is 1. The Balaban J connectivity index is 1.42. The maximum absolute atomic E-state index is 13.4. The molecule has 1 fully saturated rings. The van der Waals surface area contributed by atoms with E-state index < -0.39 is 22.0 Å². The second-order valence-corrected chi connectivity index (χ2v) is 12.3. The average molecular weight is 602 g/mol. The molecule has 3 aromatic carbocycles. The quantitative estimate of drug-likeness (QED) is 0.225. The molecule has 3 heterocycles. The van der Waals surface area contributed by atoms with Gasteiger partial charge in [-0.25, -0.2) is 18.0 Å². The van der Waals surface area contributed by atoms with Gasteiger partial charge in [0.05, 0.1) is 17.7 Å². The fourth-order valence-electron chi connectivity index (χ4n) is 5.63. The first-order valence-corrected chi connectivity index (χ1v) is 15.5. The molecule has 1 unspecified atom stereocenters. The zero-order valence-electron chi connectivity index (χ0n) is 23.8. The molecule has 0 saturated carbocycles.